The molecule has 0 heterocycles. The Morgan fingerprint density at radius 1 is 0.955 bits per heavy atom. The maximum Gasteiger partial charge on any atom is 0.241 e. The summed E-state index contributed by atoms with van der Waals surface area (Å²) in [6, 6.07) is 14.9. The second-order valence-electron chi connectivity index (χ2n) is 6.02. The van der Waals surface area contributed by atoms with E-state index in [-0.39, 0.29) is 12.0 Å². The van der Waals surface area contributed by atoms with Gasteiger partial charge in [-0.2, -0.15) is 0 Å². The molecule has 1 atom stereocenters. The number of nitrogens with one attached hydrogen (secondary N) is 1. The van der Waals surface area contributed by atoms with Crippen molar-refractivity contribution in [1.29, 1.82) is 0 Å². The number of sulfonamides is 1. The first kappa shape index (κ1) is 16.7. The summed E-state index contributed by atoms with van der Waals surface area (Å²) in [6.07, 6.45) is 0. The summed E-state index contributed by atoms with van der Waals surface area (Å²) >= 11 is 0. The topological polar surface area (TPSA) is 46.2 Å². The summed E-state index contributed by atoms with van der Waals surface area (Å²) in [5, 5.41) is 0. The van der Waals surface area contributed by atoms with Gasteiger partial charge >= 0.3 is 0 Å². The molecule has 1 unspecified atom stereocenters. The van der Waals surface area contributed by atoms with E-state index in [1.807, 2.05) is 70.2 Å². The minimum atomic E-state index is -3.56. The predicted octanol–water partition coefficient (Wildman–Crippen LogP) is 3.98. The van der Waals surface area contributed by atoms with Gasteiger partial charge in [-0.15, -0.1) is 0 Å². The van der Waals surface area contributed by atoms with Crippen LogP contribution in [0.4, 0.5) is 0 Å². The minimum absolute atomic E-state index is 0.155. The van der Waals surface area contributed by atoms with E-state index in [4.69, 9.17) is 0 Å². The molecule has 0 amide bonds. The Kier molecular flexibility index (Phi) is 5.04. The van der Waals surface area contributed by atoms with E-state index < -0.39 is 10.0 Å². The average molecular weight is 317 g/mol. The van der Waals surface area contributed by atoms with Crippen LogP contribution in [0.1, 0.15) is 36.6 Å². The van der Waals surface area contributed by atoms with Crippen molar-refractivity contribution < 1.29 is 8.42 Å². The molecule has 0 spiro atoms. The molecule has 0 radical (unpaired) electrons. The maximum atomic E-state index is 12.8. The molecule has 0 aromatic heterocycles. The maximum absolute atomic E-state index is 12.8. The molecule has 22 heavy (non-hydrogen) atoms. The number of hydrogen-bond acceptors (Lipinski definition) is 2. The van der Waals surface area contributed by atoms with E-state index in [1.54, 1.807) is 6.07 Å². The summed E-state index contributed by atoms with van der Waals surface area (Å²) in [5.74, 6) is 0.155. The molecule has 0 aliphatic carbocycles. The Morgan fingerprint density at radius 3 is 2.18 bits per heavy atom. The van der Waals surface area contributed by atoms with E-state index in [0.29, 0.717) is 4.90 Å². The minimum Gasteiger partial charge on any atom is -0.207 e. The molecule has 0 aliphatic rings. The standard InChI is InChI=1S/C18H23NO2S/c1-13(2)18(16-8-6-5-7-9-16)19-22(20,21)17-12-14(3)10-11-15(17)4/h5-13,18-19H,1-4H3. The zero-order valence-electron chi connectivity index (χ0n) is 13.5. The van der Waals surface area contributed by atoms with E-state index in [2.05, 4.69) is 4.72 Å². The van der Waals surface area contributed by atoms with Crippen molar-refractivity contribution in [1.82, 2.24) is 4.72 Å². The Hall–Kier alpha value is -1.65. The Labute approximate surface area is 133 Å². The molecule has 2 aromatic rings. The van der Waals surface area contributed by atoms with Crippen LogP contribution in [-0.2, 0) is 10.0 Å². The lowest BCUT2D eigenvalue weighted by Crippen LogP contribution is -2.32. The van der Waals surface area contributed by atoms with Crippen molar-refractivity contribution in [3.05, 3.63) is 65.2 Å². The molecule has 1 N–H and O–H groups in total. The SMILES string of the molecule is Cc1ccc(C)c(S(=O)(=O)NC(c2ccccc2)C(C)C)c1. The molecule has 0 saturated heterocycles. The average Bonchev–Trinajstić information content (AvgIpc) is 2.48. The Morgan fingerprint density at radius 2 is 1.59 bits per heavy atom. The van der Waals surface area contributed by atoms with Crippen molar-refractivity contribution in [2.75, 3.05) is 0 Å². The first-order valence-corrected chi connectivity index (χ1v) is 8.94. The van der Waals surface area contributed by atoms with Crippen LogP contribution < -0.4 is 4.72 Å². The smallest absolute Gasteiger partial charge is 0.207 e. The molecule has 2 rings (SSSR count). The Bertz CT molecular complexity index is 737. The van der Waals surface area contributed by atoms with Crippen molar-refractivity contribution in [2.24, 2.45) is 5.92 Å². The van der Waals surface area contributed by atoms with Crippen molar-refractivity contribution in [3.8, 4) is 0 Å². The molecule has 0 saturated carbocycles. The van der Waals surface area contributed by atoms with Crippen LogP contribution in [0.15, 0.2) is 53.4 Å². The van der Waals surface area contributed by atoms with Crippen LogP contribution in [-0.4, -0.2) is 8.42 Å². The van der Waals surface area contributed by atoms with Crippen molar-refractivity contribution in [2.45, 2.75) is 38.6 Å². The number of hydrogen-bond donors (Lipinski definition) is 1. The number of benzene rings is 2. The Balaban J connectivity index is 2.39. The molecule has 3 nitrogen and oxygen atoms in total. The highest BCUT2D eigenvalue weighted by atomic mass is 32.2. The van der Waals surface area contributed by atoms with E-state index >= 15 is 0 Å². The van der Waals surface area contributed by atoms with Crippen molar-refractivity contribution in [3.63, 3.8) is 0 Å². The van der Waals surface area contributed by atoms with Gasteiger partial charge in [0.1, 0.15) is 0 Å². The van der Waals surface area contributed by atoms with Gasteiger partial charge in [0.15, 0.2) is 0 Å². The first-order chi connectivity index (χ1) is 10.3. The molecular formula is C18H23NO2S. The number of aryl methyl sites for hydroxylation is 2. The fourth-order valence-corrected chi connectivity index (χ4v) is 4.18. The first-order valence-electron chi connectivity index (χ1n) is 7.46. The highest BCUT2D eigenvalue weighted by Crippen LogP contribution is 2.25. The molecule has 118 valence electrons. The van der Waals surface area contributed by atoms with Gasteiger partial charge in [0, 0.05) is 6.04 Å². The molecular weight excluding hydrogens is 294 g/mol. The summed E-state index contributed by atoms with van der Waals surface area (Å²) in [4.78, 5) is 0.356. The van der Waals surface area contributed by atoms with Gasteiger partial charge in [-0.25, -0.2) is 13.1 Å². The second-order valence-corrected chi connectivity index (χ2v) is 7.71. The lowest BCUT2D eigenvalue weighted by atomic mass is 9.97. The van der Waals surface area contributed by atoms with Gasteiger partial charge in [-0.1, -0.05) is 56.3 Å². The van der Waals surface area contributed by atoms with Crippen LogP contribution >= 0.6 is 0 Å². The third-order valence-corrected chi connectivity index (χ3v) is 5.32. The summed E-state index contributed by atoms with van der Waals surface area (Å²) in [5.41, 5.74) is 2.67. The highest BCUT2D eigenvalue weighted by Gasteiger charge is 2.25. The third kappa shape index (κ3) is 3.76. The van der Waals surface area contributed by atoms with Crippen LogP contribution in [0.3, 0.4) is 0 Å². The van der Waals surface area contributed by atoms with Gasteiger partial charge < -0.3 is 0 Å². The lowest BCUT2D eigenvalue weighted by Gasteiger charge is -2.23. The third-order valence-electron chi connectivity index (χ3n) is 3.74. The van der Waals surface area contributed by atoms with Gasteiger partial charge in [-0.05, 0) is 42.5 Å². The van der Waals surface area contributed by atoms with Crippen LogP contribution in [0.25, 0.3) is 0 Å². The normalized spacial score (nSPS) is 13.3. The summed E-state index contributed by atoms with van der Waals surface area (Å²) in [6.45, 7) is 7.75. The van der Waals surface area contributed by atoms with Crippen molar-refractivity contribution >= 4 is 10.0 Å². The number of rotatable bonds is 5. The molecule has 0 aliphatic heterocycles. The monoisotopic (exact) mass is 317 g/mol. The fraction of sp³-hybridized carbons (Fsp3) is 0.333. The zero-order chi connectivity index (χ0) is 16.3. The largest absolute Gasteiger partial charge is 0.241 e. The molecule has 2 aromatic carbocycles. The van der Waals surface area contributed by atoms with Gasteiger partial charge in [0.2, 0.25) is 10.0 Å². The van der Waals surface area contributed by atoms with Gasteiger partial charge in [0.05, 0.1) is 4.90 Å². The van der Waals surface area contributed by atoms with Gasteiger partial charge in [0.25, 0.3) is 0 Å². The summed E-state index contributed by atoms with van der Waals surface area (Å²) in [7, 11) is -3.56. The van der Waals surface area contributed by atoms with Gasteiger partial charge in [-0.3, -0.25) is 0 Å². The molecule has 0 bridgehead atoms. The lowest BCUT2D eigenvalue weighted by molar-refractivity contribution is 0.463. The highest BCUT2D eigenvalue weighted by molar-refractivity contribution is 7.89. The van der Waals surface area contributed by atoms with Crippen LogP contribution in [0.5, 0.6) is 0 Å². The van der Waals surface area contributed by atoms with E-state index in [0.717, 1.165) is 16.7 Å². The van der Waals surface area contributed by atoms with Crippen LogP contribution in [0.2, 0.25) is 0 Å². The van der Waals surface area contributed by atoms with E-state index in [1.165, 1.54) is 0 Å². The fourth-order valence-electron chi connectivity index (χ4n) is 2.48. The van der Waals surface area contributed by atoms with Crippen LogP contribution in [0, 0.1) is 19.8 Å². The zero-order valence-corrected chi connectivity index (χ0v) is 14.3. The molecule has 0 fully saturated rings. The predicted molar refractivity (Wildman–Crippen MR) is 90.3 cm³/mol. The molecule has 4 heteroatoms. The summed E-state index contributed by atoms with van der Waals surface area (Å²) < 4.78 is 28.4. The quantitative estimate of drug-likeness (QED) is 0.906. The van der Waals surface area contributed by atoms with E-state index in [9.17, 15) is 8.42 Å². The second kappa shape index (κ2) is 6.63.